The summed E-state index contributed by atoms with van der Waals surface area (Å²) in [5.74, 6) is 1.96. The third-order valence-electron chi connectivity index (χ3n) is 5.95. The summed E-state index contributed by atoms with van der Waals surface area (Å²) >= 11 is 0. The average Bonchev–Trinajstić information content (AvgIpc) is 3.64. The van der Waals surface area contributed by atoms with Crippen molar-refractivity contribution in [1.29, 1.82) is 5.41 Å². The number of aryl methyl sites for hydroxylation is 2. The Morgan fingerprint density at radius 3 is 2.69 bits per heavy atom. The Morgan fingerprint density at radius 2 is 2.00 bits per heavy atom. The van der Waals surface area contributed by atoms with Crippen molar-refractivity contribution in [1.82, 2.24) is 31.1 Å². The molecule has 0 saturated heterocycles. The molecule has 2 heterocycles. The minimum absolute atomic E-state index is 0.496. The SMILES string of the molecule is CNCCNCc1cccc(-c2nc(N/C(C=N)=C/NC3CC3)c(C)c(-c3c(C)noc3C)n2)c1. The van der Waals surface area contributed by atoms with Crippen LogP contribution in [0.15, 0.2) is 40.7 Å². The third kappa shape index (κ3) is 6.12. The Hall–Kier alpha value is -3.56. The first-order valence-electron chi connectivity index (χ1n) is 12.0. The van der Waals surface area contributed by atoms with E-state index in [4.69, 9.17) is 19.9 Å². The first-order chi connectivity index (χ1) is 17.0. The van der Waals surface area contributed by atoms with Gasteiger partial charge in [-0.2, -0.15) is 0 Å². The maximum Gasteiger partial charge on any atom is 0.162 e. The summed E-state index contributed by atoms with van der Waals surface area (Å²) in [6, 6.07) is 8.75. The zero-order valence-electron chi connectivity index (χ0n) is 20.8. The van der Waals surface area contributed by atoms with Crippen molar-refractivity contribution in [2.45, 2.75) is 46.2 Å². The Morgan fingerprint density at radius 1 is 1.17 bits per heavy atom. The summed E-state index contributed by atoms with van der Waals surface area (Å²) in [6.45, 7) is 8.35. The van der Waals surface area contributed by atoms with Crippen LogP contribution in [0.5, 0.6) is 0 Å². The number of hydrogen-bond donors (Lipinski definition) is 5. The zero-order valence-corrected chi connectivity index (χ0v) is 20.8. The van der Waals surface area contributed by atoms with E-state index >= 15 is 0 Å². The Bertz CT molecular complexity index is 1190. The monoisotopic (exact) mass is 474 g/mol. The standard InChI is InChI=1S/C26H34N8O/c1-16-24(23-17(2)34-35-18(23)3)32-26(20-7-5-6-19(12-20)14-29-11-10-28-4)33-25(16)31-22(13-27)15-30-21-8-9-21/h5-7,12-13,15,21,27-30H,8-11,14H2,1-4H3,(H,31,32,33)/b22-15+,27-13?. The van der Waals surface area contributed by atoms with Crippen LogP contribution in [0.3, 0.4) is 0 Å². The van der Waals surface area contributed by atoms with E-state index in [0.29, 0.717) is 29.1 Å². The van der Waals surface area contributed by atoms with E-state index < -0.39 is 0 Å². The molecule has 0 bridgehead atoms. The van der Waals surface area contributed by atoms with E-state index in [1.54, 1.807) is 0 Å². The highest BCUT2D eigenvalue weighted by molar-refractivity contribution is 5.82. The van der Waals surface area contributed by atoms with Gasteiger partial charge in [0, 0.05) is 49.2 Å². The van der Waals surface area contributed by atoms with Gasteiger partial charge in [0.15, 0.2) is 5.82 Å². The number of benzene rings is 1. The number of aromatic nitrogens is 3. The van der Waals surface area contributed by atoms with Crippen molar-refractivity contribution in [2.75, 3.05) is 25.5 Å². The van der Waals surface area contributed by atoms with E-state index in [9.17, 15) is 0 Å². The van der Waals surface area contributed by atoms with Gasteiger partial charge >= 0.3 is 0 Å². The van der Waals surface area contributed by atoms with Gasteiger partial charge < -0.3 is 31.2 Å². The molecule has 0 aliphatic heterocycles. The van der Waals surface area contributed by atoms with Gasteiger partial charge in [-0.05, 0) is 52.3 Å². The van der Waals surface area contributed by atoms with Crippen LogP contribution in [-0.2, 0) is 6.54 Å². The zero-order chi connectivity index (χ0) is 24.8. The lowest BCUT2D eigenvalue weighted by molar-refractivity contribution is 0.393. The molecule has 1 aliphatic rings. The van der Waals surface area contributed by atoms with Crippen LogP contribution in [-0.4, -0.2) is 47.5 Å². The van der Waals surface area contributed by atoms with E-state index in [-0.39, 0.29) is 0 Å². The summed E-state index contributed by atoms with van der Waals surface area (Å²) in [5.41, 5.74) is 6.00. The van der Waals surface area contributed by atoms with Gasteiger partial charge in [0.1, 0.15) is 11.6 Å². The molecule has 5 N–H and O–H groups in total. The highest BCUT2D eigenvalue weighted by Gasteiger charge is 2.21. The van der Waals surface area contributed by atoms with E-state index in [1.165, 1.54) is 6.21 Å². The molecule has 9 nitrogen and oxygen atoms in total. The molecule has 3 aromatic rings. The molecule has 35 heavy (non-hydrogen) atoms. The van der Waals surface area contributed by atoms with Gasteiger partial charge in [0.25, 0.3) is 0 Å². The molecule has 1 aromatic carbocycles. The second kappa shape index (κ2) is 11.2. The van der Waals surface area contributed by atoms with Gasteiger partial charge in [-0.15, -0.1) is 0 Å². The second-order valence-corrected chi connectivity index (χ2v) is 8.86. The van der Waals surface area contributed by atoms with Crippen molar-refractivity contribution in [3.05, 3.63) is 58.7 Å². The third-order valence-corrected chi connectivity index (χ3v) is 5.95. The lowest BCUT2D eigenvalue weighted by atomic mass is 10.0. The topological polar surface area (TPSA) is 124 Å². The number of allylic oxidation sites excluding steroid dienone is 1. The largest absolute Gasteiger partial charge is 0.386 e. The molecule has 1 fully saturated rings. The highest BCUT2D eigenvalue weighted by Crippen LogP contribution is 2.33. The van der Waals surface area contributed by atoms with Crippen molar-refractivity contribution in [2.24, 2.45) is 0 Å². The normalized spacial score (nSPS) is 13.7. The van der Waals surface area contributed by atoms with Crippen LogP contribution in [0.1, 0.15) is 35.4 Å². The summed E-state index contributed by atoms with van der Waals surface area (Å²) in [7, 11) is 1.94. The Balaban J connectivity index is 1.73. The molecule has 0 amide bonds. The predicted molar refractivity (Wildman–Crippen MR) is 139 cm³/mol. The number of anilines is 1. The van der Waals surface area contributed by atoms with Crippen molar-refractivity contribution in [3.8, 4) is 22.6 Å². The molecule has 2 aromatic heterocycles. The molecular weight excluding hydrogens is 440 g/mol. The number of nitrogens with zero attached hydrogens (tertiary/aromatic N) is 3. The van der Waals surface area contributed by atoms with Crippen LogP contribution in [0.25, 0.3) is 22.6 Å². The van der Waals surface area contributed by atoms with Gasteiger partial charge in [0.2, 0.25) is 0 Å². The van der Waals surface area contributed by atoms with Gasteiger partial charge in [-0.3, -0.25) is 0 Å². The molecule has 0 radical (unpaired) electrons. The molecule has 0 spiro atoms. The Labute approximate surface area is 206 Å². The van der Waals surface area contributed by atoms with Crippen LogP contribution in [0.2, 0.25) is 0 Å². The fourth-order valence-corrected chi connectivity index (χ4v) is 3.81. The predicted octanol–water partition coefficient (Wildman–Crippen LogP) is 3.69. The lowest BCUT2D eigenvalue weighted by Gasteiger charge is -2.15. The number of likely N-dealkylation sites (N-methyl/N-ethyl adjacent to an activating group) is 1. The van der Waals surface area contributed by atoms with Crippen LogP contribution < -0.4 is 21.3 Å². The quantitative estimate of drug-likeness (QED) is 0.199. The molecule has 4 rings (SSSR count). The number of rotatable bonds is 12. The summed E-state index contributed by atoms with van der Waals surface area (Å²) in [6.07, 6.45) is 5.46. The van der Waals surface area contributed by atoms with Crippen molar-refractivity contribution < 1.29 is 4.52 Å². The summed E-state index contributed by atoms with van der Waals surface area (Å²) in [5, 5.41) is 25.2. The molecule has 0 unspecified atom stereocenters. The van der Waals surface area contributed by atoms with Gasteiger partial charge in [-0.1, -0.05) is 23.4 Å². The molecule has 1 aliphatic carbocycles. The minimum atomic E-state index is 0.496. The van der Waals surface area contributed by atoms with Crippen LogP contribution in [0, 0.1) is 26.2 Å². The first-order valence-corrected chi connectivity index (χ1v) is 12.0. The van der Waals surface area contributed by atoms with Crippen molar-refractivity contribution >= 4 is 12.0 Å². The molecule has 9 heteroatoms. The van der Waals surface area contributed by atoms with Crippen LogP contribution >= 0.6 is 0 Å². The minimum Gasteiger partial charge on any atom is -0.386 e. The maximum atomic E-state index is 7.87. The van der Waals surface area contributed by atoms with Crippen LogP contribution in [0.4, 0.5) is 5.82 Å². The van der Waals surface area contributed by atoms with Crippen molar-refractivity contribution in [3.63, 3.8) is 0 Å². The van der Waals surface area contributed by atoms with Gasteiger partial charge in [0.05, 0.1) is 22.6 Å². The van der Waals surface area contributed by atoms with E-state index in [0.717, 1.165) is 66.1 Å². The summed E-state index contributed by atoms with van der Waals surface area (Å²) in [4.78, 5) is 9.84. The number of nitrogens with one attached hydrogen (secondary N) is 5. The fourth-order valence-electron chi connectivity index (χ4n) is 3.81. The molecule has 184 valence electrons. The molecular formula is C26H34N8O. The molecule has 0 atom stereocenters. The smallest absolute Gasteiger partial charge is 0.162 e. The maximum absolute atomic E-state index is 7.87. The second-order valence-electron chi connectivity index (χ2n) is 8.86. The first kappa shape index (κ1) is 24.6. The van der Waals surface area contributed by atoms with E-state index in [1.807, 2.05) is 46.2 Å². The fraction of sp³-hybridized carbons (Fsp3) is 0.385. The lowest BCUT2D eigenvalue weighted by Crippen LogP contribution is -2.24. The highest BCUT2D eigenvalue weighted by atomic mass is 16.5. The Kier molecular flexibility index (Phi) is 7.89. The van der Waals surface area contributed by atoms with Gasteiger partial charge in [-0.25, -0.2) is 9.97 Å². The van der Waals surface area contributed by atoms with E-state index in [2.05, 4.69) is 38.6 Å². The number of hydrogen-bond acceptors (Lipinski definition) is 9. The summed E-state index contributed by atoms with van der Waals surface area (Å²) < 4.78 is 5.45. The molecule has 1 saturated carbocycles. The average molecular weight is 475 g/mol.